The zero-order chi connectivity index (χ0) is 5.33. The Morgan fingerprint density at radius 3 is 2.14 bits per heavy atom. The van der Waals surface area contributed by atoms with Gasteiger partial charge in [-0.25, -0.2) is 0 Å². The first-order valence-electron chi connectivity index (χ1n) is 2.84. The largest absolute Gasteiger partial charge is 0.0975 e. The van der Waals surface area contributed by atoms with E-state index in [0.29, 0.717) is 0 Å². The van der Waals surface area contributed by atoms with Crippen molar-refractivity contribution in [1.29, 1.82) is 0 Å². The second-order valence-corrected chi connectivity index (χ2v) is 8.14. The van der Waals surface area contributed by atoms with Gasteiger partial charge in [0.1, 0.15) is 0 Å². The fraction of sp³-hybridized carbons (Fsp3) is 1.00. The third kappa shape index (κ3) is 1.06. The molecule has 1 aliphatic heterocycles. The Morgan fingerprint density at radius 2 is 2.14 bits per heavy atom. The Balaban J connectivity index is 2.45. The molecular weight excluding hydrogens is 123 g/mol. The molecule has 1 saturated heterocycles. The van der Waals surface area contributed by atoms with Crippen molar-refractivity contribution in [3.8, 4) is 0 Å². The van der Waals surface area contributed by atoms with Crippen LogP contribution in [0.2, 0.25) is 0 Å². The van der Waals surface area contributed by atoms with Gasteiger partial charge >= 0.3 is 0 Å². The van der Waals surface area contributed by atoms with Gasteiger partial charge in [-0.3, -0.25) is 0 Å². The Morgan fingerprint density at radius 1 is 1.57 bits per heavy atom. The van der Waals surface area contributed by atoms with Crippen molar-refractivity contribution >= 4 is 17.8 Å². The van der Waals surface area contributed by atoms with E-state index in [2.05, 4.69) is 6.92 Å². The molecule has 0 aromatic carbocycles. The molecular formula is C5H11PS. The van der Waals surface area contributed by atoms with Gasteiger partial charge in [0.15, 0.2) is 0 Å². The van der Waals surface area contributed by atoms with E-state index in [1.54, 1.807) is 0 Å². The topological polar surface area (TPSA) is 0 Å². The van der Waals surface area contributed by atoms with Crippen LogP contribution >= 0.6 is 6.04 Å². The first kappa shape index (κ1) is 5.78. The molecule has 2 heteroatoms. The van der Waals surface area contributed by atoms with E-state index in [1.807, 2.05) is 0 Å². The van der Waals surface area contributed by atoms with Gasteiger partial charge in [0.25, 0.3) is 0 Å². The molecule has 0 amide bonds. The van der Waals surface area contributed by atoms with Crippen LogP contribution in [0, 0.1) is 0 Å². The summed E-state index contributed by atoms with van der Waals surface area (Å²) in [6.07, 6.45) is 5.53. The molecule has 1 aliphatic rings. The van der Waals surface area contributed by atoms with Gasteiger partial charge in [0.05, 0.1) is 0 Å². The van der Waals surface area contributed by atoms with Gasteiger partial charge in [-0.2, -0.15) is 0 Å². The van der Waals surface area contributed by atoms with Gasteiger partial charge in [-0.15, -0.1) is 0 Å². The molecule has 1 heterocycles. The smallest absolute Gasteiger partial charge is 0.0231 e. The Hall–Kier alpha value is 0.650. The Labute approximate surface area is 50.3 Å². The van der Waals surface area contributed by atoms with Crippen molar-refractivity contribution < 1.29 is 0 Å². The summed E-state index contributed by atoms with van der Waals surface area (Å²) in [5, 5.41) is 0. The van der Waals surface area contributed by atoms with Crippen LogP contribution in [0.25, 0.3) is 0 Å². The molecule has 0 N–H and O–H groups in total. The van der Waals surface area contributed by atoms with E-state index in [-0.39, 0.29) is 0 Å². The molecule has 0 radical (unpaired) electrons. The zero-order valence-corrected chi connectivity index (χ0v) is 6.39. The van der Waals surface area contributed by atoms with Crippen molar-refractivity contribution in [3.63, 3.8) is 0 Å². The van der Waals surface area contributed by atoms with E-state index >= 15 is 0 Å². The van der Waals surface area contributed by atoms with Crippen LogP contribution in [0.3, 0.4) is 0 Å². The van der Waals surface area contributed by atoms with Crippen molar-refractivity contribution in [1.82, 2.24) is 0 Å². The van der Waals surface area contributed by atoms with Gasteiger partial charge in [0, 0.05) is 0 Å². The van der Waals surface area contributed by atoms with E-state index < -0.39 is 6.04 Å². The molecule has 0 atom stereocenters. The normalized spacial score (nSPS) is 26.4. The second kappa shape index (κ2) is 1.87. The highest BCUT2D eigenvalue weighted by Crippen LogP contribution is 2.54. The predicted molar refractivity (Wildman–Crippen MR) is 39.2 cm³/mol. The first-order chi connectivity index (χ1) is 3.27. The fourth-order valence-electron chi connectivity index (χ4n) is 0.827. The summed E-state index contributed by atoms with van der Waals surface area (Å²) in [6, 6.07) is -0.640. The molecule has 0 aliphatic carbocycles. The van der Waals surface area contributed by atoms with Crippen molar-refractivity contribution in [3.05, 3.63) is 0 Å². The van der Waals surface area contributed by atoms with Crippen LogP contribution in [-0.4, -0.2) is 18.5 Å². The van der Waals surface area contributed by atoms with Gasteiger partial charge in [-0.05, 0) is 30.9 Å². The summed E-state index contributed by atoms with van der Waals surface area (Å²) in [5.41, 5.74) is 0. The van der Waals surface area contributed by atoms with E-state index in [0.717, 1.165) is 0 Å². The molecule has 1 fully saturated rings. The maximum absolute atomic E-state index is 5.34. The maximum atomic E-state index is 5.34. The fourth-order valence-corrected chi connectivity index (χ4v) is 3.26. The standard InChI is InChI=1S/C5H11PS/c1-2-6(7)4-3-5-6/h2-5H2,1H3. The third-order valence-electron chi connectivity index (χ3n) is 1.71. The molecule has 7 heavy (non-hydrogen) atoms. The van der Waals surface area contributed by atoms with E-state index in [4.69, 9.17) is 11.8 Å². The first-order valence-corrected chi connectivity index (χ1v) is 6.20. The maximum Gasteiger partial charge on any atom is -0.0231 e. The highest BCUT2D eigenvalue weighted by Gasteiger charge is 2.21. The predicted octanol–water partition coefficient (Wildman–Crippen LogP) is 1.89. The number of rotatable bonds is 1. The Kier molecular flexibility index (Phi) is 1.55. The minimum Gasteiger partial charge on any atom is -0.0975 e. The summed E-state index contributed by atoms with van der Waals surface area (Å²) in [4.78, 5) is 0. The lowest BCUT2D eigenvalue weighted by molar-refractivity contribution is 1.01. The van der Waals surface area contributed by atoms with Crippen molar-refractivity contribution in [2.75, 3.05) is 18.5 Å². The van der Waals surface area contributed by atoms with Crippen LogP contribution in [0.15, 0.2) is 0 Å². The molecule has 0 aromatic heterocycles. The molecule has 0 saturated carbocycles. The lowest BCUT2D eigenvalue weighted by atomic mass is 10.5. The van der Waals surface area contributed by atoms with Gasteiger partial charge in [-0.1, -0.05) is 18.7 Å². The number of hydrogen-bond acceptors (Lipinski definition) is 1. The average molecular weight is 134 g/mol. The SMILES string of the molecule is CCP1(=S)CCC1. The summed E-state index contributed by atoms with van der Waals surface area (Å²) in [7, 11) is 0. The van der Waals surface area contributed by atoms with Crippen LogP contribution in [0.4, 0.5) is 0 Å². The quantitative estimate of drug-likeness (QED) is 0.493. The lowest BCUT2D eigenvalue weighted by Crippen LogP contribution is -2.09. The van der Waals surface area contributed by atoms with Crippen LogP contribution < -0.4 is 0 Å². The molecule has 1 rings (SSSR count). The second-order valence-electron chi connectivity index (χ2n) is 2.18. The van der Waals surface area contributed by atoms with Gasteiger partial charge in [0.2, 0.25) is 0 Å². The minimum absolute atomic E-state index is 0.640. The lowest BCUT2D eigenvalue weighted by Gasteiger charge is -2.28. The molecule has 42 valence electrons. The molecule has 0 bridgehead atoms. The van der Waals surface area contributed by atoms with E-state index in [1.165, 1.54) is 24.9 Å². The highest BCUT2D eigenvalue weighted by molar-refractivity contribution is 8.15. The van der Waals surface area contributed by atoms with E-state index in [9.17, 15) is 0 Å². The monoisotopic (exact) mass is 134 g/mol. The summed E-state index contributed by atoms with van der Waals surface area (Å²) >= 11 is 5.34. The summed E-state index contributed by atoms with van der Waals surface area (Å²) < 4.78 is 0. The molecule has 0 aromatic rings. The minimum atomic E-state index is -0.640. The molecule has 0 spiro atoms. The average Bonchev–Trinajstić information content (AvgIpc) is 1.61. The van der Waals surface area contributed by atoms with Crippen LogP contribution in [0.5, 0.6) is 0 Å². The Bertz CT molecular complexity index is 92.4. The summed E-state index contributed by atoms with van der Waals surface area (Å²) in [5.74, 6) is 0. The third-order valence-corrected chi connectivity index (χ3v) is 6.99. The van der Waals surface area contributed by atoms with Crippen molar-refractivity contribution in [2.24, 2.45) is 0 Å². The summed E-state index contributed by atoms with van der Waals surface area (Å²) in [6.45, 7) is 2.24. The molecule has 0 nitrogen and oxygen atoms in total. The van der Waals surface area contributed by atoms with Crippen molar-refractivity contribution in [2.45, 2.75) is 13.3 Å². The van der Waals surface area contributed by atoms with Crippen LogP contribution in [-0.2, 0) is 11.8 Å². The van der Waals surface area contributed by atoms with Crippen LogP contribution in [0.1, 0.15) is 13.3 Å². The molecule has 0 unspecified atom stereocenters. The highest BCUT2D eigenvalue weighted by atomic mass is 32.4. The zero-order valence-electron chi connectivity index (χ0n) is 4.68. The van der Waals surface area contributed by atoms with Gasteiger partial charge < -0.3 is 0 Å². The number of hydrogen-bond donors (Lipinski definition) is 0.